The molecular weight excluding hydrogens is 338 g/mol. The van der Waals surface area contributed by atoms with Crippen LogP contribution in [0, 0.1) is 5.92 Å². The molecule has 0 radical (unpaired) electrons. The molecule has 2 N–H and O–H groups in total. The van der Waals surface area contributed by atoms with Crippen LogP contribution in [-0.2, 0) is 14.9 Å². The van der Waals surface area contributed by atoms with Crippen LogP contribution in [0.5, 0.6) is 0 Å². The van der Waals surface area contributed by atoms with Gasteiger partial charge in [-0.25, -0.2) is 0 Å². The summed E-state index contributed by atoms with van der Waals surface area (Å²) in [6, 6.07) is 10.6. The molecule has 3 rings (SSSR count). The van der Waals surface area contributed by atoms with E-state index in [0.717, 1.165) is 51.6 Å². The van der Waals surface area contributed by atoms with E-state index in [4.69, 9.17) is 4.74 Å². The lowest BCUT2D eigenvalue weighted by Crippen LogP contribution is -2.48. The van der Waals surface area contributed by atoms with Crippen molar-refractivity contribution in [3.05, 3.63) is 35.9 Å². The quantitative estimate of drug-likeness (QED) is 0.733. The molecule has 2 aliphatic rings. The lowest BCUT2D eigenvalue weighted by atomic mass is 9.74. The molecule has 2 aliphatic heterocycles. The Kier molecular flexibility index (Phi) is 7.68. The second-order valence-electron chi connectivity index (χ2n) is 8.15. The third-order valence-electron chi connectivity index (χ3n) is 6.34. The minimum Gasteiger partial charge on any atom is -0.381 e. The first-order valence-electron chi connectivity index (χ1n) is 10.5. The average Bonchev–Trinajstić information content (AvgIpc) is 2.73. The van der Waals surface area contributed by atoms with Gasteiger partial charge in [0.2, 0.25) is 5.91 Å². The fourth-order valence-electron chi connectivity index (χ4n) is 4.43. The molecule has 27 heavy (non-hydrogen) atoms. The van der Waals surface area contributed by atoms with Gasteiger partial charge in [0.1, 0.15) is 0 Å². The smallest absolute Gasteiger partial charge is 0.234 e. The second kappa shape index (κ2) is 10.2. The van der Waals surface area contributed by atoms with Gasteiger partial charge in [-0.1, -0.05) is 30.3 Å². The van der Waals surface area contributed by atoms with Crippen molar-refractivity contribution >= 4 is 5.91 Å². The summed E-state index contributed by atoms with van der Waals surface area (Å²) in [4.78, 5) is 14.9. The Bertz CT molecular complexity index is 564. The standard InChI is InChI=1S/C22H35N3O2/c1-23-12-7-19-8-13-25(14-9-19)17-21(26)24-18-22(10-15-27-16-11-22)20-5-3-2-4-6-20/h2-6,19,23H,7-18H2,1H3,(H,24,26). The van der Waals surface area contributed by atoms with E-state index in [9.17, 15) is 4.79 Å². The highest BCUT2D eigenvalue weighted by Crippen LogP contribution is 2.34. The highest BCUT2D eigenvalue weighted by Gasteiger charge is 2.34. The zero-order valence-corrected chi connectivity index (χ0v) is 16.7. The van der Waals surface area contributed by atoms with Gasteiger partial charge in [0.15, 0.2) is 0 Å². The molecule has 5 heteroatoms. The van der Waals surface area contributed by atoms with Crippen molar-refractivity contribution in [2.24, 2.45) is 5.92 Å². The van der Waals surface area contributed by atoms with Gasteiger partial charge in [0, 0.05) is 25.2 Å². The number of likely N-dealkylation sites (tertiary alicyclic amines) is 1. The number of hydrogen-bond donors (Lipinski definition) is 2. The number of benzene rings is 1. The molecule has 2 saturated heterocycles. The lowest BCUT2D eigenvalue weighted by Gasteiger charge is -2.38. The number of rotatable bonds is 8. The van der Waals surface area contributed by atoms with Crippen LogP contribution in [0.15, 0.2) is 30.3 Å². The molecule has 0 spiro atoms. The summed E-state index contributed by atoms with van der Waals surface area (Å²) in [7, 11) is 2.01. The van der Waals surface area contributed by atoms with Crippen LogP contribution in [0.3, 0.4) is 0 Å². The number of carbonyl (C=O) groups excluding carboxylic acids is 1. The summed E-state index contributed by atoms with van der Waals surface area (Å²) in [6.45, 7) is 5.95. The number of nitrogens with zero attached hydrogens (tertiary/aromatic N) is 1. The maximum absolute atomic E-state index is 12.6. The summed E-state index contributed by atoms with van der Waals surface area (Å²) in [6.07, 6.45) is 5.60. The van der Waals surface area contributed by atoms with Crippen LogP contribution in [0.2, 0.25) is 0 Å². The van der Waals surface area contributed by atoms with Crippen LogP contribution < -0.4 is 10.6 Å². The van der Waals surface area contributed by atoms with Crippen LogP contribution in [0.4, 0.5) is 0 Å². The van der Waals surface area contributed by atoms with E-state index in [1.165, 1.54) is 24.8 Å². The maximum Gasteiger partial charge on any atom is 0.234 e. The Morgan fingerprint density at radius 1 is 1.19 bits per heavy atom. The first-order valence-corrected chi connectivity index (χ1v) is 10.5. The fraction of sp³-hybridized carbons (Fsp3) is 0.682. The molecule has 5 nitrogen and oxygen atoms in total. The van der Waals surface area contributed by atoms with Gasteiger partial charge < -0.3 is 15.4 Å². The summed E-state index contributed by atoms with van der Waals surface area (Å²) < 4.78 is 5.59. The van der Waals surface area contributed by atoms with Crippen molar-refractivity contribution in [3.8, 4) is 0 Å². The van der Waals surface area contributed by atoms with E-state index in [0.29, 0.717) is 13.1 Å². The molecule has 150 valence electrons. The largest absolute Gasteiger partial charge is 0.381 e. The minimum absolute atomic E-state index is 0.00924. The van der Waals surface area contributed by atoms with Crippen molar-refractivity contribution in [3.63, 3.8) is 0 Å². The van der Waals surface area contributed by atoms with Crippen molar-refractivity contribution in [2.45, 2.75) is 37.5 Å². The van der Waals surface area contributed by atoms with Crippen molar-refractivity contribution < 1.29 is 9.53 Å². The van der Waals surface area contributed by atoms with E-state index in [2.05, 4.69) is 45.9 Å². The van der Waals surface area contributed by atoms with Crippen LogP contribution >= 0.6 is 0 Å². The van der Waals surface area contributed by atoms with Gasteiger partial charge in [0.25, 0.3) is 0 Å². The van der Waals surface area contributed by atoms with Gasteiger partial charge in [-0.3, -0.25) is 9.69 Å². The Morgan fingerprint density at radius 2 is 1.89 bits per heavy atom. The van der Waals surface area contributed by atoms with Crippen LogP contribution in [-0.4, -0.2) is 63.8 Å². The van der Waals surface area contributed by atoms with Crippen molar-refractivity contribution in [1.82, 2.24) is 15.5 Å². The lowest BCUT2D eigenvalue weighted by molar-refractivity contribution is -0.123. The van der Waals surface area contributed by atoms with E-state index in [1.807, 2.05) is 7.05 Å². The van der Waals surface area contributed by atoms with E-state index >= 15 is 0 Å². The van der Waals surface area contributed by atoms with E-state index in [-0.39, 0.29) is 11.3 Å². The summed E-state index contributed by atoms with van der Waals surface area (Å²) in [5.74, 6) is 0.964. The fourth-order valence-corrected chi connectivity index (χ4v) is 4.43. The first-order chi connectivity index (χ1) is 13.2. The Balaban J connectivity index is 1.47. The van der Waals surface area contributed by atoms with Crippen LogP contribution in [0.25, 0.3) is 0 Å². The molecule has 0 unspecified atom stereocenters. The minimum atomic E-state index is 0.00924. The predicted molar refractivity (Wildman–Crippen MR) is 109 cm³/mol. The van der Waals surface area contributed by atoms with Gasteiger partial charge in [-0.15, -0.1) is 0 Å². The molecular formula is C22H35N3O2. The van der Waals surface area contributed by atoms with Crippen molar-refractivity contribution in [1.29, 1.82) is 0 Å². The first kappa shape index (κ1) is 20.3. The molecule has 0 aromatic heterocycles. The van der Waals surface area contributed by atoms with E-state index < -0.39 is 0 Å². The third-order valence-corrected chi connectivity index (χ3v) is 6.34. The summed E-state index contributed by atoms with van der Waals surface area (Å²) in [5.41, 5.74) is 1.33. The molecule has 0 bridgehead atoms. The molecule has 1 amide bonds. The summed E-state index contributed by atoms with van der Waals surface area (Å²) >= 11 is 0. The zero-order chi connectivity index (χ0) is 19.0. The second-order valence-corrected chi connectivity index (χ2v) is 8.15. The van der Waals surface area contributed by atoms with Crippen molar-refractivity contribution in [2.75, 3.05) is 53.0 Å². The maximum atomic E-state index is 12.6. The topological polar surface area (TPSA) is 53.6 Å². The van der Waals surface area contributed by atoms with Gasteiger partial charge in [-0.05, 0) is 70.3 Å². The SMILES string of the molecule is CNCCC1CCN(CC(=O)NCC2(c3ccccc3)CCOCC2)CC1. The molecule has 2 heterocycles. The normalized spacial score (nSPS) is 21.1. The van der Waals surface area contributed by atoms with Crippen LogP contribution in [0.1, 0.15) is 37.7 Å². The number of nitrogens with one attached hydrogen (secondary N) is 2. The predicted octanol–water partition coefficient (Wildman–Crippen LogP) is 2.17. The molecule has 1 aromatic carbocycles. The molecule has 0 aliphatic carbocycles. The monoisotopic (exact) mass is 373 g/mol. The number of hydrogen-bond acceptors (Lipinski definition) is 4. The van der Waals surface area contributed by atoms with Gasteiger partial charge in [-0.2, -0.15) is 0 Å². The Hall–Kier alpha value is -1.43. The molecule has 0 saturated carbocycles. The van der Waals surface area contributed by atoms with E-state index in [1.54, 1.807) is 0 Å². The Morgan fingerprint density at radius 3 is 2.56 bits per heavy atom. The number of amides is 1. The van der Waals surface area contributed by atoms with Gasteiger partial charge in [0.05, 0.1) is 6.54 Å². The zero-order valence-electron chi connectivity index (χ0n) is 16.7. The van der Waals surface area contributed by atoms with Gasteiger partial charge >= 0.3 is 0 Å². The molecule has 1 aromatic rings. The third kappa shape index (κ3) is 5.77. The number of carbonyl (C=O) groups is 1. The molecule has 0 atom stereocenters. The highest BCUT2D eigenvalue weighted by molar-refractivity contribution is 5.78. The Labute approximate surface area is 163 Å². The number of piperidine rings is 1. The molecule has 2 fully saturated rings. The number of ether oxygens (including phenoxy) is 1. The average molecular weight is 374 g/mol. The highest BCUT2D eigenvalue weighted by atomic mass is 16.5. The summed E-state index contributed by atoms with van der Waals surface area (Å²) in [5, 5.41) is 6.48.